The molecule has 0 radical (unpaired) electrons. The monoisotopic (exact) mass is 482 g/mol. The van der Waals surface area contributed by atoms with Crippen molar-refractivity contribution in [3.05, 3.63) is 59.7 Å². The number of sulfonamides is 1. The number of carbonyl (C=O) groups excluding carboxylic acids is 1. The fourth-order valence-electron chi connectivity index (χ4n) is 5.24. The van der Waals surface area contributed by atoms with Gasteiger partial charge in [-0.3, -0.25) is 9.69 Å². The van der Waals surface area contributed by atoms with Crippen LogP contribution in [0.25, 0.3) is 0 Å². The molecular weight excluding hydrogens is 452 g/mol. The minimum atomic E-state index is -3.72. The summed E-state index contributed by atoms with van der Waals surface area (Å²) in [6, 6.07) is 14.5. The normalized spacial score (nSPS) is 22.3. The van der Waals surface area contributed by atoms with Crippen LogP contribution in [0, 0.1) is 0 Å². The van der Waals surface area contributed by atoms with Crippen LogP contribution >= 0.6 is 0 Å². The molecule has 0 saturated carbocycles. The van der Waals surface area contributed by atoms with Crippen molar-refractivity contribution in [3.8, 4) is 5.75 Å². The summed E-state index contributed by atoms with van der Waals surface area (Å²) in [4.78, 5) is 17.8. The molecule has 180 valence electrons. The number of ether oxygens (including phenoxy) is 1. The first-order valence-electron chi connectivity index (χ1n) is 11.8. The summed E-state index contributed by atoms with van der Waals surface area (Å²) >= 11 is 0. The third-order valence-corrected chi connectivity index (χ3v) is 8.32. The maximum absolute atomic E-state index is 13.3. The Morgan fingerprint density at radius 1 is 1.09 bits per heavy atom. The zero-order valence-electron chi connectivity index (χ0n) is 19.3. The van der Waals surface area contributed by atoms with Gasteiger partial charge in [0.15, 0.2) is 5.84 Å². The Labute approximate surface area is 200 Å². The van der Waals surface area contributed by atoms with Crippen molar-refractivity contribution in [3.63, 3.8) is 0 Å². The van der Waals surface area contributed by atoms with Gasteiger partial charge < -0.3 is 15.0 Å². The average Bonchev–Trinajstić information content (AvgIpc) is 3.60. The highest BCUT2D eigenvalue weighted by Gasteiger charge is 2.39. The second-order valence-corrected chi connectivity index (χ2v) is 10.6. The van der Waals surface area contributed by atoms with Gasteiger partial charge in [0.1, 0.15) is 16.7 Å². The summed E-state index contributed by atoms with van der Waals surface area (Å²) in [7, 11) is -2.07. The Hall–Kier alpha value is -2.91. The van der Waals surface area contributed by atoms with E-state index in [0.717, 1.165) is 43.7 Å². The number of amides is 1. The first-order chi connectivity index (χ1) is 16.5. The summed E-state index contributed by atoms with van der Waals surface area (Å²) in [6.07, 6.45) is 3.80. The molecule has 2 aromatic rings. The van der Waals surface area contributed by atoms with Gasteiger partial charge in [0, 0.05) is 18.7 Å². The average molecular weight is 483 g/mol. The molecule has 34 heavy (non-hydrogen) atoms. The summed E-state index contributed by atoms with van der Waals surface area (Å²) in [5.74, 6) is 1.11. The molecule has 0 bridgehead atoms. The van der Waals surface area contributed by atoms with Gasteiger partial charge in [-0.2, -0.15) is 8.42 Å². The van der Waals surface area contributed by atoms with E-state index in [0.29, 0.717) is 30.9 Å². The molecule has 8 nitrogen and oxygen atoms in total. The topological polar surface area (TPSA) is 91.3 Å². The fraction of sp³-hybridized carbons (Fsp3) is 0.440. The predicted molar refractivity (Wildman–Crippen MR) is 129 cm³/mol. The van der Waals surface area contributed by atoms with Crippen LogP contribution in [0.15, 0.2) is 57.8 Å². The molecular formula is C25H30N4O4S. The lowest BCUT2D eigenvalue weighted by Gasteiger charge is -2.30. The summed E-state index contributed by atoms with van der Waals surface area (Å²) < 4.78 is 34.4. The van der Waals surface area contributed by atoms with E-state index in [1.165, 1.54) is 0 Å². The van der Waals surface area contributed by atoms with Gasteiger partial charge in [-0.05, 0) is 68.6 Å². The molecule has 3 aliphatic rings. The van der Waals surface area contributed by atoms with Crippen LogP contribution in [0.2, 0.25) is 0 Å². The van der Waals surface area contributed by atoms with Crippen LogP contribution in [-0.4, -0.2) is 69.3 Å². The molecule has 3 aliphatic heterocycles. The second-order valence-electron chi connectivity index (χ2n) is 9.01. The number of hydrogen-bond donors (Lipinski definition) is 1. The largest absolute Gasteiger partial charge is 0.497 e. The highest BCUT2D eigenvalue weighted by atomic mass is 32.2. The van der Waals surface area contributed by atoms with Crippen LogP contribution in [0.5, 0.6) is 5.75 Å². The minimum absolute atomic E-state index is 0.0807. The zero-order valence-corrected chi connectivity index (χ0v) is 20.1. The van der Waals surface area contributed by atoms with Gasteiger partial charge in [0.25, 0.3) is 10.0 Å². The lowest BCUT2D eigenvalue weighted by molar-refractivity contribution is -0.124. The van der Waals surface area contributed by atoms with Crippen LogP contribution in [-0.2, 0) is 14.8 Å². The van der Waals surface area contributed by atoms with Crippen molar-refractivity contribution in [1.29, 1.82) is 0 Å². The Kier molecular flexibility index (Phi) is 6.31. The fourth-order valence-corrected chi connectivity index (χ4v) is 6.46. The van der Waals surface area contributed by atoms with Crippen molar-refractivity contribution in [1.82, 2.24) is 15.1 Å². The van der Waals surface area contributed by atoms with E-state index in [1.807, 2.05) is 17.0 Å². The Balaban J connectivity index is 1.33. The number of amidine groups is 1. The van der Waals surface area contributed by atoms with Crippen molar-refractivity contribution in [2.75, 3.05) is 33.3 Å². The maximum atomic E-state index is 13.3. The molecule has 9 heteroatoms. The number of fused-ring (bicyclic) bond motifs is 1. The van der Waals surface area contributed by atoms with E-state index in [4.69, 9.17) is 4.74 Å². The van der Waals surface area contributed by atoms with E-state index in [1.54, 1.807) is 31.4 Å². The standard InChI is InChI=1S/C25H30N4O4S/c1-33-19-12-10-18(11-13-19)22(28-14-4-5-15-28)17-26-25(30)21-8-6-16-29(21)24-20-7-2-3-9-23(20)34(31,32)27-24/h2-3,7,9-13,21-22H,4-6,8,14-17H2,1H3,(H,26,30)/t21-,22+/m1/s1. The molecule has 0 aliphatic carbocycles. The summed E-state index contributed by atoms with van der Waals surface area (Å²) in [5, 5.41) is 3.17. The van der Waals surface area contributed by atoms with Crippen LogP contribution in [0.4, 0.5) is 0 Å². The maximum Gasteiger partial charge on any atom is 0.285 e. The first-order valence-corrected chi connectivity index (χ1v) is 13.3. The lowest BCUT2D eigenvalue weighted by atomic mass is 10.0. The molecule has 1 amide bonds. The number of nitrogens with one attached hydrogen (secondary N) is 1. The number of likely N-dealkylation sites (tertiary alicyclic amines) is 2. The number of carbonyl (C=O) groups is 1. The van der Waals surface area contributed by atoms with E-state index >= 15 is 0 Å². The molecule has 0 unspecified atom stereocenters. The van der Waals surface area contributed by atoms with Gasteiger partial charge in [-0.15, -0.1) is 4.40 Å². The van der Waals surface area contributed by atoms with Gasteiger partial charge >= 0.3 is 0 Å². The third kappa shape index (κ3) is 4.30. The number of nitrogens with zero attached hydrogens (tertiary/aromatic N) is 3. The summed E-state index contributed by atoms with van der Waals surface area (Å²) in [5.41, 5.74) is 1.72. The zero-order chi connectivity index (χ0) is 23.7. The quantitative estimate of drug-likeness (QED) is 0.681. The smallest absolute Gasteiger partial charge is 0.285 e. The molecule has 2 fully saturated rings. The Morgan fingerprint density at radius 3 is 2.56 bits per heavy atom. The number of hydrogen-bond acceptors (Lipinski definition) is 6. The Bertz CT molecular complexity index is 1190. The lowest BCUT2D eigenvalue weighted by Crippen LogP contribution is -2.48. The van der Waals surface area contributed by atoms with E-state index in [-0.39, 0.29) is 16.8 Å². The molecule has 2 aromatic carbocycles. The molecule has 2 atom stereocenters. The number of rotatable bonds is 6. The van der Waals surface area contributed by atoms with Gasteiger partial charge in [0.05, 0.1) is 13.2 Å². The van der Waals surface area contributed by atoms with E-state index in [2.05, 4.69) is 26.7 Å². The van der Waals surface area contributed by atoms with E-state index in [9.17, 15) is 13.2 Å². The highest BCUT2D eigenvalue weighted by Crippen LogP contribution is 2.31. The number of methoxy groups -OCH3 is 1. The van der Waals surface area contributed by atoms with Gasteiger partial charge in [0.2, 0.25) is 5.91 Å². The van der Waals surface area contributed by atoms with Crippen LogP contribution < -0.4 is 10.1 Å². The SMILES string of the molecule is COc1ccc([C@H](CNC(=O)[C@H]2CCCN2C2=NS(=O)(=O)c3ccccc32)N2CCCC2)cc1. The van der Waals surface area contributed by atoms with Crippen molar-refractivity contribution in [2.45, 2.75) is 42.7 Å². The highest BCUT2D eigenvalue weighted by molar-refractivity contribution is 7.90. The molecule has 0 spiro atoms. The van der Waals surface area contributed by atoms with Crippen molar-refractivity contribution in [2.24, 2.45) is 4.40 Å². The Morgan fingerprint density at radius 2 is 1.82 bits per heavy atom. The first kappa shape index (κ1) is 22.9. The van der Waals surface area contributed by atoms with Gasteiger partial charge in [-0.25, -0.2) is 0 Å². The van der Waals surface area contributed by atoms with E-state index < -0.39 is 16.1 Å². The van der Waals surface area contributed by atoms with Crippen molar-refractivity contribution >= 4 is 21.8 Å². The second kappa shape index (κ2) is 9.38. The molecule has 2 saturated heterocycles. The predicted octanol–water partition coefficient (Wildman–Crippen LogP) is 2.56. The molecule has 3 heterocycles. The minimum Gasteiger partial charge on any atom is -0.497 e. The van der Waals surface area contributed by atoms with Gasteiger partial charge in [-0.1, -0.05) is 24.3 Å². The third-order valence-electron chi connectivity index (χ3n) is 6.99. The molecule has 0 aromatic heterocycles. The summed E-state index contributed by atoms with van der Waals surface area (Å²) in [6.45, 7) is 3.12. The van der Waals surface area contributed by atoms with Crippen molar-refractivity contribution < 1.29 is 17.9 Å². The van der Waals surface area contributed by atoms with Crippen LogP contribution in [0.1, 0.15) is 42.9 Å². The number of benzene rings is 2. The molecule has 1 N–H and O–H groups in total. The molecule has 5 rings (SSSR count). The van der Waals surface area contributed by atoms with Crippen LogP contribution in [0.3, 0.4) is 0 Å².